The Morgan fingerprint density at radius 1 is 1.26 bits per heavy atom. The van der Waals surface area contributed by atoms with E-state index >= 15 is 0 Å². The molecule has 1 amide bonds. The van der Waals surface area contributed by atoms with Crippen LogP contribution in [0.5, 0.6) is 0 Å². The molecule has 106 valence electrons. The molecule has 0 aromatic heterocycles. The summed E-state index contributed by atoms with van der Waals surface area (Å²) in [4.78, 5) is 10.3. The molecular weight excluding hydrogens is 270 g/mol. The summed E-state index contributed by atoms with van der Waals surface area (Å²) in [5.74, 6) is 0. The van der Waals surface area contributed by atoms with Crippen molar-refractivity contribution in [3.63, 3.8) is 0 Å². The van der Waals surface area contributed by atoms with Gasteiger partial charge in [0.2, 0.25) is 6.41 Å². The minimum Gasteiger partial charge on any atom is -0.369 e. The van der Waals surface area contributed by atoms with Crippen LogP contribution in [0.15, 0.2) is 30.3 Å². The Morgan fingerprint density at radius 2 is 1.95 bits per heavy atom. The minimum absolute atomic E-state index is 0.0523. The van der Waals surface area contributed by atoms with E-state index in [2.05, 4.69) is 9.50 Å². The van der Waals surface area contributed by atoms with Gasteiger partial charge in [0.1, 0.15) is 0 Å². The Kier molecular flexibility index (Phi) is 6.48. The van der Waals surface area contributed by atoms with Crippen LogP contribution in [0.2, 0.25) is 0 Å². The van der Waals surface area contributed by atoms with Crippen LogP contribution >= 0.6 is 0 Å². The van der Waals surface area contributed by atoms with E-state index < -0.39 is 10.1 Å². The van der Waals surface area contributed by atoms with Crippen molar-refractivity contribution in [3.8, 4) is 0 Å². The van der Waals surface area contributed by atoms with Crippen molar-refractivity contribution >= 4 is 16.5 Å². The molecule has 1 atom stereocenters. The topological polar surface area (TPSA) is 81.7 Å². The van der Waals surface area contributed by atoms with Crippen molar-refractivity contribution in [2.75, 3.05) is 26.0 Å². The second-order valence-electron chi connectivity index (χ2n) is 3.82. The lowest BCUT2D eigenvalue weighted by Gasteiger charge is -2.17. The van der Waals surface area contributed by atoms with E-state index in [4.69, 9.17) is 4.74 Å². The van der Waals surface area contributed by atoms with Crippen LogP contribution in [0.4, 0.5) is 0 Å². The highest BCUT2D eigenvalue weighted by atomic mass is 32.2. The second-order valence-corrected chi connectivity index (χ2v) is 5.47. The van der Waals surface area contributed by atoms with Gasteiger partial charge in [0.25, 0.3) is 10.1 Å². The maximum atomic E-state index is 10.8. The Labute approximate surface area is 112 Å². The third-order valence-electron chi connectivity index (χ3n) is 2.26. The van der Waals surface area contributed by atoms with E-state index in [1.807, 2.05) is 30.3 Å². The maximum absolute atomic E-state index is 10.8. The zero-order valence-corrected chi connectivity index (χ0v) is 11.4. The van der Waals surface area contributed by atoms with Gasteiger partial charge in [-0.15, -0.1) is 0 Å². The highest BCUT2D eigenvalue weighted by molar-refractivity contribution is 7.85. The summed E-state index contributed by atoms with van der Waals surface area (Å²) < 4.78 is 31.7. The van der Waals surface area contributed by atoms with E-state index in [0.29, 0.717) is 13.0 Å². The molecule has 1 aromatic rings. The van der Waals surface area contributed by atoms with Gasteiger partial charge >= 0.3 is 0 Å². The van der Waals surface area contributed by atoms with Crippen LogP contribution in [0.25, 0.3) is 0 Å². The van der Waals surface area contributed by atoms with Crippen molar-refractivity contribution in [2.24, 2.45) is 0 Å². The third kappa shape index (κ3) is 6.90. The lowest BCUT2D eigenvalue weighted by atomic mass is 10.1. The highest BCUT2D eigenvalue weighted by Gasteiger charge is 2.11. The van der Waals surface area contributed by atoms with Crippen molar-refractivity contribution in [2.45, 2.75) is 6.10 Å². The lowest BCUT2D eigenvalue weighted by molar-refractivity contribution is -0.110. The smallest absolute Gasteiger partial charge is 0.264 e. The number of amides is 1. The second kappa shape index (κ2) is 7.88. The van der Waals surface area contributed by atoms with Gasteiger partial charge in [-0.1, -0.05) is 30.3 Å². The van der Waals surface area contributed by atoms with Crippen molar-refractivity contribution in [1.82, 2.24) is 5.32 Å². The number of rotatable bonds is 9. The fraction of sp³-hybridized carbons (Fsp3) is 0.417. The van der Waals surface area contributed by atoms with E-state index in [-0.39, 0.29) is 19.3 Å². The summed E-state index contributed by atoms with van der Waals surface area (Å²) in [7, 11) is -3.46. The lowest BCUT2D eigenvalue weighted by Crippen LogP contribution is -2.23. The molecule has 0 bridgehead atoms. The zero-order valence-electron chi connectivity index (χ0n) is 10.6. The first-order valence-electron chi connectivity index (χ1n) is 5.71. The summed E-state index contributed by atoms with van der Waals surface area (Å²) >= 11 is 0. The average molecular weight is 287 g/mol. The molecule has 7 heteroatoms. The number of carbonyl (C=O) groups excluding carboxylic acids is 1. The molecule has 6 nitrogen and oxygen atoms in total. The molecule has 1 aromatic carbocycles. The number of hydrogen-bond donors (Lipinski definition) is 1. The Balaban J connectivity index is 2.49. The predicted octanol–water partition coefficient (Wildman–Crippen LogP) is 0.466. The highest BCUT2D eigenvalue weighted by Crippen LogP contribution is 2.15. The van der Waals surface area contributed by atoms with Gasteiger partial charge in [0.05, 0.1) is 25.6 Å². The van der Waals surface area contributed by atoms with Crippen LogP contribution in [0.1, 0.15) is 11.7 Å². The maximum Gasteiger partial charge on any atom is 0.264 e. The van der Waals surface area contributed by atoms with Gasteiger partial charge in [0.15, 0.2) is 0 Å². The van der Waals surface area contributed by atoms with Gasteiger partial charge in [0, 0.05) is 6.54 Å². The summed E-state index contributed by atoms with van der Waals surface area (Å²) in [5, 5.41) is 2.54. The number of benzene rings is 1. The summed E-state index contributed by atoms with van der Waals surface area (Å²) in [6.07, 6.45) is 1.23. The fourth-order valence-corrected chi connectivity index (χ4v) is 1.84. The van der Waals surface area contributed by atoms with Gasteiger partial charge in [-0.2, -0.15) is 8.42 Å². The van der Waals surface area contributed by atoms with Gasteiger partial charge in [-0.05, 0) is 5.56 Å². The molecule has 1 N–H and O–H groups in total. The molecule has 1 unspecified atom stereocenters. The number of ether oxygens (including phenoxy) is 1. The van der Waals surface area contributed by atoms with E-state index in [1.165, 1.54) is 0 Å². The van der Waals surface area contributed by atoms with Crippen LogP contribution < -0.4 is 5.32 Å². The first-order chi connectivity index (χ1) is 9.03. The Hall–Kier alpha value is -1.44. The Morgan fingerprint density at radius 3 is 2.53 bits per heavy atom. The van der Waals surface area contributed by atoms with Crippen LogP contribution in [0.3, 0.4) is 0 Å². The molecule has 0 radical (unpaired) electrons. The molecular formula is C12H17NO5S. The molecule has 1 rings (SSSR count). The van der Waals surface area contributed by atoms with Gasteiger partial charge < -0.3 is 10.1 Å². The molecule has 0 fully saturated rings. The molecule has 0 spiro atoms. The first-order valence-corrected chi connectivity index (χ1v) is 7.52. The van der Waals surface area contributed by atoms with Crippen LogP contribution in [0, 0.1) is 0 Å². The van der Waals surface area contributed by atoms with Crippen molar-refractivity contribution in [1.29, 1.82) is 0 Å². The summed E-state index contributed by atoms with van der Waals surface area (Å²) in [6.45, 7) is 0.378. The summed E-state index contributed by atoms with van der Waals surface area (Å²) in [6, 6.07) is 9.34. The van der Waals surface area contributed by atoms with E-state index in [0.717, 1.165) is 11.8 Å². The average Bonchev–Trinajstić information content (AvgIpc) is 2.38. The summed E-state index contributed by atoms with van der Waals surface area (Å²) in [5.41, 5.74) is 0.899. The van der Waals surface area contributed by atoms with Crippen LogP contribution in [-0.2, 0) is 23.8 Å². The number of nitrogens with one attached hydrogen (secondary N) is 1. The fourth-order valence-electron chi connectivity index (χ4n) is 1.47. The molecule has 0 aliphatic rings. The first kappa shape index (κ1) is 15.6. The Bertz CT molecular complexity index is 474. The van der Waals surface area contributed by atoms with Crippen molar-refractivity contribution in [3.05, 3.63) is 35.9 Å². The SMILES string of the molecule is CS(=O)(=O)OCCOC(CNC=O)c1ccccc1. The third-order valence-corrected chi connectivity index (χ3v) is 2.85. The molecule has 0 saturated heterocycles. The quantitative estimate of drug-likeness (QED) is 0.405. The molecule has 19 heavy (non-hydrogen) atoms. The molecule has 0 heterocycles. The predicted molar refractivity (Wildman–Crippen MR) is 70.0 cm³/mol. The van der Waals surface area contributed by atoms with Crippen molar-refractivity contribution < 1.29 is 22.1 Å². The largest absolute Gasteiger partial charge is 0.369 e. The number of hydrogen-bond acceptors (Lipinski definition) is 5. The molecule has 0 aliphatic carbocycles. The van der Waals surface area contributed by atoms with Gasteiger partial charge in [-0.3, -0.25) is 8.98 Å². The van der Waals surface area contributed by atoms with E-state index in [1.54, 1.807) is 0 Å². The normalized spacial score (nSPS) is 12.9. The molecule has 0 saturated carbocycles. The van der Waals surface area contributed by atoms with E-state index in [9.17, 15) is 13.2 Å². The minimum atomic E-state index is -3.46. The standard InChI is InChI=1S/C12H17NO5S/c1-19(15,16)18-8-7-17-12(9-13-10-14)11-5-3-2-4-6-11/h2-6,10,12H,7-9H2,1H3,(H,13,14). The zero-order chi connectivity index (χ0) is 14.1. The monoisotopic (exact) mass is 287 g/mol. The number of carbonyl (C=O) groups is 1. The molecule has 0 aliphatic heterocycles. The van der Waals surface area contributed by atoms with Gasteiger partial charge in [-0.25, -0.2) is 0 Å². The van der Waals surface area contributed by atoms with Crippen LogP contribution in [-0.4, -0.2) is 40.8 Å².